The standard InChI is InChI=1S/C20H19ClN2O3S/c1-13-19(20(21)23(3)22-13)27(25,26)12-17-11-16(9-10-18(17)14(2)24)15-7-5-4-6-8-15/h4-11,24H,2,12H2,1,3H3. The molecule has 3 rings (SSSR count). The fourth-order valence-corrected chi connectivity index (χ4v) is 5.25. The van der Waals surface area contributed by atoms with Crippen molar-refractivity contribution < 1.29 is 13.5 Å². The van der Waals surface area contributed by atoms with Crippen LogP contribution in [0.3, 0.4) is 0 Å². The summed E-state index contributed by atoms with van der Waals surface area (Å²) >= 11 is 6.15. The number of hydrogen-bond donors (Lipinski definition) is 1. The van der Waals surface area contributed by atoms with Crippen molar-refractivity contribution in [1.82, 2.24) is 9.78 Å². The molecule has 0 bridgehead atoms. The van der Waals surface area contributed by atoms with Gasteiger partial charge in [0.15, 0.2) is 9.84 Å². The maximum Gasteiger partial charge on any atom is 0.187 e. The minimum Gasteiger partial charge on any atom is -0.508 e. The fraction of sp³-hybridized carbons (Fsp3) is 0.150. The van der Waals surface area contributed by atoms with E-state index in [1.54, 1.807) is 26.1 Å². The number of rotatable bonds is 5. The molecular weight excluding hydrogens is 384 g/mol. The average molecular weight is 403 g/mol. The third kappa shape index (κ3) is 3.77. The number of aromatic nitrogens is 2. The molecule has 1 heterocycles. The summed E-state index contributed by atoms with van der Waals surface area (Å²) < 4.78 is 27.4. The van der Waals surface area contributed by atoms with E-state index in [9.17, 15) is 13.5 Å². The Labute approximate surface area is 163 Å². The number of halogens is 1. The summed E-state index contributed by atoms with van der Waals surface area (Å²) in [6.45, 7) is 5.15. The average Bonchev–Trinajstić information content (AvgIpc) is 2.87. The number of benzene rings is 2. The van der Waals surface area contributed by atoms with Crippen LogP contribution in [0.2, 0.25) is 5.15 Å². The number of hydrogen-bond acceptors (Lipinski definition) is 4. The van der Waals surface area contributed by atoms with E-state index in [0.717, 1.165) is 11.1 Å². The van der Waals surface area contributed by atoms with Gasteiger partial charge in [0, 0.05) is 12.6 Å². The molecule has 0 spiro atoms. The number of aliphatic hydroxyl groups excluding tert-OH is 1. The first kappa shape index (κ1) is 19.2. The molecule has 5 nitrogen and oxygen atoms in total. The van der Waals surface area contributed by atoms with Crippen molar-refractivity contribution in [2.24, 2.45) is 7.05 Å². The molecule has 0 saturated heterocycles. The first-order chi connectivity index (χ1) is 12.7. The van der Waals surface area contributed by atoms with Crippen molar-refractivity contribution in [3.63, 3.8) is 0 Å². The summed E-state index contributed by atoms with van der Waals surface area (Å²) in [7, 11) is -2.19. The summed E-state index contributed by atoms with van der Waals surface area (Å²) in [5.41, 5.74) is 2.96. The molecule has 0 atom stereocenters. The predicted octanol–water partition coefficient (Wildman–Crippen LogP) is 4.55. The summed E-state index contributed by atoms with van der Waals surface area (Å²) in [6.07, 6.45) is 0. The van der Waals surface area contributed by atoms with E-state index >= 15 is 0 Å². The Hall–Kier alpha value is -2.57. The number of sulfone groups is 1. The summed E-state index contributed by atoms with van der Waals surface area (Å²) in [6, 6.07) is 14.8. The van der Waals surface area contributed by atoms with Crippen molar-refractivity contribution in [2.75, 3.05) is 0 Å². The van der Waals surface area contributed by atoms with Gasteiger partial charge in [-0.05, 0) is 29.7 Å². The second-order valence-electron chi connectivity index (χ2n) is 6.27. The van der Waals surface area contributed by atoms with E-state index in [-0.39, 0.29) is 21.6 Å². The van der Waals surface area contributed by atoms with Gasteiger partial charge < -0.3 is 5.11 Å². The third-order valence-electron chi connectivity index (χ3n) is 4.28. The Kier molecular flexibility index (Phi) is 5.13. The number of aryl methyl sites for hydroxylation is 2. The van der Waals surface area contributed by atoms with Crippen LogP contribution in [-0.4, -0.2) is 23.3 Å². The molecule has 1 aromatic heterocycles. The van der Waals surface area contributed by atoms with E-state index in [0.29, 0.717) is 16.8 Å². The normalized spacial score (nSPS) is 11.5. The van der Waals surface area contributed by atoms with Crippen molar-refractivity contribution in [2.45, 2.75) is 17.6 Å². The number of nitrogens with zero attached hydrogens (tertiary/aromatic N) is 2. The third-order valence-corrected chi connectivity index (χ3v) is 6.63. The Morgan fingerprint density at radius 2 is 1.85 bits per heavy atom. The second kappa shape index (κ2) is 7.21. The molecule has 2 aromatic carbocycles. The minimum absolute atomic E-state index is 0.00582. The van der Waals surface area contributed by atoms with Crippen molar-refractivity contribution >= 4 is 27.2 Å². The van der Waals surface area contributed by atoms with Gasteiger partial charge in [0.25, 0.3) is 0 Å². The molecule has 0 radical (unpaired) electrons. The van der Waals surface area contributed by atoms with Crippen LogP contribution in [0.25, 0.3) is 16.9 Å². The van der Waals surface area contributed by atoms with Gasteiger partial charge in [0.2, 0.25) is 0 Å². The fourth-order valence-electron chi connectivity index (χ4n) is 3.05. The molecule has 140 valence electrons. The molecule has 3 aromatic rings. The molecule has 0 fully saturated rings. The maximum absolute atomic E-state index is 13.0. The molecule has 0 saturated carbocycles. The zero-order valence-electron chi connectivity index (χ0n) is 15.0. The quantitative estimate of drug-likeness (QED) is 0.635. The lowest BCUT2D eigenvalue weighted by Crippen LogP contribution is -2.08. The lowest BCUT2D eigenvalue weighted by atomic mass is 9.99. The largest absolute Gasteiger partial charge is 0.508 e. The highest BCUT2D eigenvalue weighted by molar-refractivity contribution is 7.90. The van der Waals surface area contributed by atoms with Crippen LogP contribution in [0.4, 0.5) is 0 Å². The van der Waals surface area contributed by atoms with E-state index in [1.165, 1.54) is 4.68 Å². The Bertz CT molecular complexity index is 1120. The first-order valence-corrected chi connectivity index (χ1v) is 10.2. The van der Waals surface area contributed by atoms with E-state index in [1.807, 2.05) is 36.4 Å². The van der Waals surface area contributed by atoms with Gasteiger partial charge in [-0.2, -0.15) is 5.10 Å². The van der Waals surface area contributed by atoms with E-state index in [4.69, 9.17) is 11.6 Å². The topological polar surface area (TPSA) is 72.2 Å². The molecule has 0 aliphatic carbocycles. The van der Waals surface area contributed by atoms with Crippen LogP contribution < -0.4 is 0 Å². The van der Waals surface area contributed by atoms with Gasteiger partial charge >= 0.3 is 0 Å². The summed E-state index contributed by atoms with van der Waals surface area (Å²) in [5, 5.41) is 14.1. The van der Waals surface area contributed by atoms with Gasteiger partial charge in [0.1, 0.15) is 15.8 Å². The van der Waals surface area contributed by atoms with Gasteiger partial charge in [-0.25, -0.2) is 8.42 Å². The van der Waals surface area contributed by atoms with Crippen LogP contribution in [0.5, 0.6) is 0 Å². The van der Waals surface area contributed by atoms with Crippen molar-refractivity contribution in [3.05, 3.63) is 77.1 Å². The molecule has 27 heavy (non-hydrogen) atoms. The lowest BCUT2D eigenvalue weighted by Gasteiger charge is -2.12. The molecule has 0 aliphatic rings. The highest BCUT2D eigenvalue weighted by Crippen LogP contribution is 2.31. The van der Waals surface area contributed by atoms with E-state index < -0.39 is 9.84 Å². The van der Waals surface area contributed by atoms with Crippen molar-refractivity contribution in [3.8, 4) is 11.1 Å². The van der Waals surface area contributed by atoms with Gasteiger partial charge in [-0.1, -0.05) is 60.6 Å². The highest BCUT2D eigenvalue weighted by Gasteiger charge is 2.27. The molecule has 7 heteroatoms. The zero-order valence-corrected chi connectivity index (χ0v) is 16.5. The Morgan fingerprint density at radius 1 is 1.19 bits per heavy atom. The van der Waals surface area contributed by atoms with Gasteiger partial charge in [-0.3, -0.25) is 4.68 Å². The molecule has 0 amide bonds. The van der Waals surface area contributed by atoms with Crippen LogP contribution >= 0.6 is 11.6 Å². The summed E-state index contributed by atoms with van der Waals surface area (Å²) in [4.78, 5) is 0.00582. The predicted molar refractivity (Wildman–Crippen MR) is 107 cm³/mol. The molecule has 1 N–H and O–H groups in total. The van der Waals surface area contributed by atoms with Crippen LogP contribution in [-0.2, 0) is 22.6 Å². The monoisotopic (exact) mass is 402 g/mol. The second-order valence-corrected chi connectivity index (χ2v) is 8.56. The van der Waals surface area contributed by atoms with Gasteiger partial charge in [0.05, 0.1) is 11.4 Å². The first-order valence-electron chi connectivity index (χ1n) is 8.19. The van der Waals surface area contributed by atoms with Crippen LogP contribution in [0.1, 0.15) is 16.8 Å². The Morgan fingerprint density at radius 3 is 2.41 bits per heavy atom. The van der Waals surface area contributed by atoms with Crippen LogP contribution in [0.15, 0.2) is 60.0 Å². The number of aliphatic hydroxyl groups is 1. The smallest absolute Gasteiger partial charge is 0.187 e. The minimum atomic E-state index is -3.78. The summed E-state index contributed by atoms with van der Waals surface area (Å²) in [5.74, 6) is -0.511. The lowest BCUT2D eigenvalue weighted by molar-refractivity contribution is 0.513. The van der Waals surface area contributed by atoms with E-state index in [2.05, 4.69) is 11.7 Å². The molecular formula is C20H19ClN2O3S. The van der Waals surface area contributed by atoms with Crippen LogP contribution in [0, 0.1) is 6.92 Å². The molecule has 0 unspecified atom stereocenters. The highest BCUT2D eigenvalue weighted by atomic mass is 35.5. The Balaban J connectivity index is 2.11. The van der Waals surface area contributed by atoms with Crippen molar-refractivity contribution in [1.29, 1.82) is 0 Å². The maximum atomic E-state index is 13.0. The van der Waals surface area contributed by atoms with Gasteiger partial charge in [-0.15, -0.1) is 0 Å². The molecule has 0 aliphatic heterocycles. The SMILES string of the molecule is C=C(O)c1ccc(-c2ccccc2)cc1CS(=O)(=O)c1c(C)nn(C)c1Cl. The zero-order chi connectivity index (χ0) is 19.8.